The molecule has 1 N–H and O–H groups in total. The van der Waals surface area contributed by atoms with Crippen molar-refractivity contribution < 1.29 is 4.39 Å². The SMILES string of the molecule is CCNC(c1cc(Br)ccc1F)C(CC)CC. The third-order valence-corrected chi connectivity index (χ3v) is 3.73. The highest BCUT2D eigenvalue weighted by molar-refractivity contribution is 9.10. The molecule has 0 amide bonds. The van der Waals surface area contributed by atoms with Gasteiger partial charge in [0.15, 0.2) is 0 Å². The molecule has 96 valence electrons. The second-order valence-electron chi connectivity index (χ2n) is 4.28. The van der Waals surface area contributed by atoms with Crippen LogP contribution < -0.4 is 5.32 Å². The lowest BCUT2D eigenvalue weighted by atomic mass is 9.88. The summed E-state index contributed by atoms with van der Waals surface area (Å²) in [5.41, 5.74) is 0.773. The van der Waals surface area contributed by atoms with Crippen molar-refractivity contribution in [3.05, 3.63) is 34.1 Å². The highest BCUT2D eigenvalue weighted by Crippen LogP contribution is 2.30. The van der Waals surface area contributed by atoms with Gasteiger partial charge in [-0.25, -0.2) is 4.39 Å². The Morgan fingerprint density at radius 3 is 2.41 bits per heavy atom. The molecule has 0 saturated heterocycles. The molecular formula is C14H21BrFN. The van der Waals surface area contributed by atoms with Gasteiger partial charge in [0.25, 0.3) is 0 Å². The standard InChI is InChI=1S/C14H21BrFN/c1-4-10(5-2)14(17-6-3)12-9-11(15)7-8-13(12)16/h7-10,14,17H,4-6H2,1-3H3. The summed E-state index contributed by atoms with van der Waals surface area (Å²) in [6, 6.07) is 5.27. The van der Waals surface area contributed by atoms with Gasteiger partial charge in [0.2, 0.25) is 0 Å². The van der Waals surface area contributed by atoms with Gasteiger partial charge in [0, 0.05) is 16.1 Å². The predicted molar refractivity (Wildman–Crippen MR) is 74.6 cm³/mol. The molecule has 1 aromatic rings. The summed E-state index contributed by atoms with van der Waals surface area (Å²) in [4.78, 5) is 0. The zero-order valence-electron chi connectivity index (χ0n) is 10.8. The molecule has 3 heteroatoms. The summed E-state index contributed by atoms with van der Waals surface area (Å²) < 4.78 is 14.8. The van der Waals surface area contributed by atoms with Crippen LogP contribution >= 0.6 is 15.9 Å². The summed E-state index contributed by atoms with van der Waals surface area (Å²) in [6.45, 7) is 7.24. The van der Waals surface area contributed by atoms with Crippen LogP contribution in [-0.4, -0.2) is 6.54 Å². The van der Waals surface area contributed by atoms with Gasteiger partial charge in [-0.15, -0.1) is 0 Å². The summed E-state index contributed by atoms with van der Waals surface area (Å²) >= 11 is 3.41. The monoisotopic (exact) mass is 301 g/mol. The largest absolute Gasteiger partial charge is 0.310 e. The van der Waals surface area contributed by atoms with Crippen molar-refractivity contribution in [1.82, 2.24) is 5.32 Å². The van der Waals surface area contributed by atoms with E-state index in [2.05, 4.69) is 42.0 Å². The molecule has 0 bridgehead atoms. The molecular weight excluding hydrogens is 281 g/mol. The zero-order chi connectivity index (χ0) is 12.8. The first-order chi connectivity index (χ1) is 8.13. The van der Waals surface area contributed by atoms with Crippen molar-refractivity contribution in [3.8, 4) is 0 Å². The first kappa shape index (κ1) is 14.7. The van der Waals surface area contributed by atoms with Crippen LogP contribution in [0.25, 0.3) is 0 Å². The summed E-state index contributed by atoms with van der Waals surface area (Å²) in [7, 11) is 0. The highest BCUT2D eigenvalue weighted by atomic mass is 79.9. The minimum atomic E-state index is -0.119. The molecule has 0 radical (unpaired) electrons. The Balaban J connectivity index is 3.07. The molecule has 1 atom stereocenters. The fourth-order valence-electron chi connectivity index (χ4n) is 2.26. The number of benzene rings is 1. The molecule has 1 aromatic carbocycles. The quantitative estimate of drug-likeness (QED) is 0.805. The van der Waals surface area contributed by atoms with Gasteiger partial charge in [-0.3, -0.25) is 0 Å². The van der Waals surface area contributed by atoms with Gasteiger partial charge in [-0.1, -0.05) is 49.5 Å². The lowest BCUT2D eigenvalue weighted by Gasteiger charge is -2.27. The Hall–Kier alpha value is -0.410. The van der Waals surface area contributed by atoms with Crippen molar-refractivity contribution in [1.29, 1.82) is 0 Å². The van der Waals surface area contributed by atoms with E-state index in [0.29, 0.717) is 5.92 Å². The third-order valence-electron chi connectivity index (χ3n) is 3.24. The molecule has 0 fully saturated rings. The second-order valence-corrected chi connectivity index (χ2v) is 5.19. The maximum Gasteiger partial charge on any atom is 0.128 e. The molecule has 0 saturated carbocycles. The van der Waals surface area contributed by atoms with E-state index in [9.17, 15) is 4.39 Å². The van der Waals surface area contributed by atoms with Gasteiger partial charge in [0.05, 0.1) is 0 Å². The van der Waals surface area contributed by atoms with E-state index in [1.54, 1.807) is 6.07 Å². The van der Waals surface area contributed by atoms with Gasteiger partial charge < -0.3 is 5.32 Å². The van der Waals surface area contributed by atoms with Crippen LogP contribution in [0.15, 0.2) is 22.7 Å². The number of halogens is 2. The van der Waals surface area contributed by atoms with E-state index in [1.807, 2.05) is 6.07 Å². The van der Waals surface area contributed by atoms with Gasteiger partial charge in [-0.2, -0.15) is 0 Å². The van der Waals surface area contributed by atoms with Crippen LogP contribution in [0.1, 0.15) is 45.2 Å². The molecule has 0 aliphatic rings. The molecule has 1 unspecified atom stereocenters. The smallest absolute Gasteiger partial charge is 0.128 e. The number of nitrogens with one attached hydrogen (secondary N) is 1. The second kappa shape index (κ2) is 7.12. The Labute approximate surface area is 112 Å². The molecule has 0 heterocycles. The fourth-order valence-corrected chi connectivity index (χ4v) is 2.64. The number of rotatable bonds is 6. The van der Waals surface area contributed by atoms with Gasteiger partial charge in [-0.05, 0) is 30.7 Å². The predicted octanol–water partition coefficient (Wildman–Crippen LogP) is 4.68. The van der Waals surface area contributed by atoms with Gasteiger partial charge in [0.1, 0.15) is 5.82 Å². The molecule has 0 aromatic heterocycles. The minimum Gasteiger partial charge on any atom is -0.310 e. The number of hydrogen-bond donors (Lipinski definition) is 1. The van der Waals surface area contributed by atoms with Crippen molar-refractivity contribution in [2.24, 2.45) is 5.92 Å². The van der Waals surface area contributed by atoms with Crippen LogP contribution in [-0.2, 0) is 0 Å². The van der Waals surface area contributed by atoms with Crippen molar-refractivity contribution in [2.45, 2.75) is 39.7 Å². The van der Waals surface area contributed by atoms with E-state index in [4.69, 9.17) is 0 Å². The molecule has 0 aliphatic carbocycles. The average Bonchev–Trinajstić information content (AvgIpc) is 2.33. The van der Waals surface area contributed by atoms with Crippen molar-refractivity contribution in [2.75, 3.05) is 6.54 Å². The van der Waals surface area contributed by atoms with Crippen molar-refractivity contribution in [3.63, 3.8) is 0 Å². The highest BCUT2D eigenvalue weighted by Gasteiger charge is 2.22. The maximum absolute atomic E-state index is 13.9. The third kappa shape index (κ3) is 3.78. The number of hydrogen-bond acceptors (Lipinski definition) is 1. The minimum absolute atomic E-state index is 0.104. The van der Waals surface area contributed by atoms with Gasteiger partial charge >= 0.3 is 0 Å². The molecule has 17 heavy (non-hydrogen) atoms. The lowest BCUT2D eigenvalue weighted by molar-refractivity contribution is 0.337. The maximum atomic E-state index is 13.9. The average molecular weight is 302 g/mol. The van der Waals surface area contributed by atoms with Crippen LogP contribution in [0.5, 0.6) is 0 Å². The van der Waals surface area contributed by atoms with Crippen LogP contribution in [0.4, 0.5) is 4.39 Å². The first-order valence-corrected chi connectivity index (χ1v) is 7.11. The summed E-state index contributed by atoms with van der Waals surface area (Å²) in [6.07, 6.45) is 2.11. The van der Waals surface area contributed by atoms with Crippen LogP contribution in [0.3, 0.4) is 0 Å². The van der Waals surface area contributed by atoms with Crippen LogP contribution in [0, 0.1) is 11.7 Å². The van der Waals surface area contributed by atoms with E-state index < -0.39 is 0 Å². The Bertz CT molecular complexity index is 350. The summed E-state index contributed by atoms with van der Waals surface area (Å²) in [5.74, 6) is 0.352. The molecule has 0 spiro atoms. The first-order valence-electron chi connectivity index (χ1n) is 6.32. The normalized spacial score (nSPS) is 13.1. The van der Waals surface area contributed by atoms with E-state index in [1.165, 1.54) is 6.07 Å². The Morgan fingerprint density at radius 2 is 1.88 bits per heavy atom. The fraction of sp³-hybridized carbons (Fsp3) is 0.571. The Morgan fingerprint density at radius 1 is 1.24 bits per heavy atom. The molecule has 1 rings (SSSR count). The summed E-state index contributed by atoms with van der Waals surface area (Å²) in [5, 5.41) is 3.41. The van der Waals surface area contributed by atoms with E-state index in [-0.39, 0.29) is 11.9 Å². The van der Waals surface area contributed by atoms with E-state index in [0.717, 1.165) is 29.4 Å². The van der Waals surface area contributed by atoms with Crippen molar-refractivity contribution >= 4 is 15.9 Å². The topological polar surface area (TPSA) is 12.0 Å². The molecule has 0 aliphatic heterocycles. The Kier molecular flexibility index (Phi) is 6.14. The van der Waals surface area contributed by atoms with Crippen LogP contribution in [0.2, 0.25) is 0 Å². The lowest BCUT2D eigenvalue weighted by Crippen LogP contribution is -2.28. The molecule has 1 nitrogen and oxygen atoms in total. The zero-order valence-corrected chi connectivity index (χ0v) is 12.3. The van der Waals surface area contributed by atoms with E-state index >= 15 is 0 Å².